The average Bonchev–Trinajstić information content (AvgIpc) is 2.25. The smallest absolute Gasteiger partial charge is 0.124 e. The quantitative estimate of drug-likeness (QED) is 0.724. The molecule has 0 aliphatic carbocycles. The molecule has 0 saturated carbocycles. The molecule has 76 valence electrons. The molecule has 2 rings (SSSR count). The fourth-order valence-corrected chi connectivity index (χ4v) is 2.25. The highest BCUT2D eigenvalue weighted by Gasteiger charge is 2.02. The lowest BCUT2D eigenvalue weighted by Gasteiger charge is -2.05. The van der Waals surface area contributed by atoms with Crippen LogP contribution in [0, 0.1) is 12.7 Å². The Hall–Kier alpha value is -1.28. The van der Waals surface area contributed by atoms with Gasteiger partial charge in [-0.1, -0.05) is 36.0 Å². The van der Waals surface area contributed by atoms with Gasteiger partial charge in [-0.25, -0.2) is 4.39 Å². The topological polar surface area (TPSA) is 0 Å². The molecule has 2 aromatic rings. The highest BCUT2D eigenvalue weighted by molar-refractivity contribution is 7.99. The number of hydrogen-bond donors (Lipinski definition) is 0. The van der Waals surface area contributed by atoms with Gasteiger partial charge < -0.3 is 0 Å². The van der Waals surface area contributed by atoms with Crippen molar-refractivity contribution in [3.63, 3.8) is 0 Å². The SMILES string of the molecule is Cc1ccc(F)cc1Sc1ccccc1. The van der Waals surface area contributed by atoms with Gasteiger partial charge in [-0.15, -0.1) is 0 Å². The van der Waals surface area contributed by atoms with Crippen LogP contribution < -0.4 is 0 Å². The summed E-state index contributed by atoms with van der Waals surface area (Å²) in [6, 6.07) is 14.9. The minimum atomic E-state index is -0.181. The Balaban J connectivity index is 2.28. The molecule has 0 fully saturated rings. The van der Waals surface area contributed by atoms with Gasteiger partial charge in [-0.05, 0) is 36.8 Å². The molecular weight excluding hydrogens is 207 g/mol. The number of halogens is 1. The first-order valence-corrected chi connectivity index (χ1v) is 5.56. The van der Waals surface area contributed by atoms with Crippen LogP contribution in [-0.4, -0.2) is 0 Å². The minimum absolute atomic E-state index is 0.181. The van der Waals surface area contributed by atoms with E-state index in [1.54, 1.807) is 23.9 Å². The third-order valence-corrected chi connectivity index (χ3v) is 3.29. The molecule has 0 bridgehead atoms. The second-order valence-corrected chi connectivity index (χ2v) is 4.44. The molecule has 0 aliphatic rings. The predicted octanol–water partition coefficient (Wildman–Crippen LogP) is 4.29. The molecule has 0 aliphatic heterocycles. The van der Waals surface area contributed by atoms with Crippen molar-refractivity contribution in [3.05, 3.63) is 59.9 Å². The van der Waals surface area contributed by atoms with Crippen molar-refractivity contribution >= 4 is 11.8 Å². The van der Waals surface area contributed by atoms with Crippen molar-refractivity contribution < 1.29 is 4.39 Å². The Kier molecular flexibility index (Phi) is 3.07. The van der Waals surface area contributed by atoms with Crippen LogP contribution in [0.1, 0.15) is 5.56 Å². The van der Waals surface area contributed by atoms with Gasteiger partial charge in [-0.3, -0.25) is 0 Å². The highest BCUT2D eigenvalue weighted by Crippen LogP contribution is 2.30. The van der Waals surface area contributed by atoms with Gasteiger partial charge in [0.15, 0.2) is 0 Å². The number of hydrogen-bond acceptors (Lipinski definition) is 1. The van der Waals surface area contributed by atoms with Gasteiger partial charge in [0.05, 0.1) is 0 Å². The zero-order valence-electron chi connectivity index (χ0n) is 8.41. The molecule has 0 amide bonds. The zero-order chi connectivity index (χ0) is 10.7. The lowest BCUT2D eigenvalue weighted by Crippen LogP contribution is -1.82. The second-order valence-electron chi connectivity index (χ2n) is 3.32. The van der Waals surface area contributed by atoms with Crippen molar-refractivity contribution in [2.45, 2.75) is 16.7 Å². The lowest BCUT2D eigenvalue weighted by molar-refractivity contribution is 0.623. The van der Waals surface area contributed by atoms with E-state index in [2.05, 4.69) is 0 Å². The van der Waals surface area contributed by atoms with Crippen LogP contribution in [0.4, 0.5) is 4.39 Å². The molecule has 2 heteroatoms. The summed E-state index contributed by atoms with van der Waals surface area (Å²) in [7, 11) is 0. The van der Waals surface area contributed by atoms with Crippen LogP contribution >= 0.6 is 11.8 Å². The Morgan fingerprint density at radius 1 is 1.00 bits per heavy atom. The Bertz CT molecular complexity index is 451. The van der Waals surface area contributed by atoms with Gasteiger partial charge in [0, 0.05) is 9.79 Å². The summed E-state index contributed by atoms with van der Waals surface area (Å²) in [5.41, 5.74) is 1.10. The maximum absolute atomic E-state index is 13.0. The van der Waals surface area contributed by atoms with Crippen LogP contribution in [0.25, 0.3) is 0 Å². The minimum Gasteiger partial charge on any atom is -0.207 e. The van der Waals surface area contributed by atoms with Gasteiger partial charge in [0.1, 0.15) is 5.82 Å². The first-order chi connectivity index (χ1) is 7.25. The molecule has 0 atom stereocenters. The first-order valence-electron chi connectivity index (χ1n) is 4.75. The Morgan fingerprint density at radius 2 is 1.73 bits per heavy atom. The number of rotatable bonds is 2. The maximum atomic E-state index is 13.0. The number of benzene rings is 2. The average molecular weight is 218 g/mol. The number of aryl methyl sites for hydroxylation is 1. The van der Waals surface area contributed by atoms with E-state index in [1.165, 1.54) is 6.07 Å². The van der Waals surface area contributed by atoms with Crippen molar-refractivity contribution in [1.82, 2.24) is 0 Å². The molecule has 0 N–H and O–H groups in total. The van der Waals surface area contributed by atoms with Crippen molar-refractivity contribution in [2.75, 3.05) is 0 Å². The molecule has 0 unspecified atom stereocenters. The van der Waals surface area contributed by atoms with Crippen LogP contribution in [0.15, 0.2) is 58.3 Å². The van der Waals surface area contributed by atoms with E-state index in [0.717, 1.165) is 15.4 Å². The third-order valence-electron chi connectivity index (χ3n) is 2.12. The van der Waals surface area contributed by atoms with Crippen LogP contribution in [0.5, 0.6) is 0 Å². The van der Waals surface area contributed by atoms with Crippen molar-refractivity contribution in [2.24, 2.45) is 0 Å². The predicted molar refractivity (Wildman–Crippen MR) is 61.7 cm³/mol. The van der Waals surface area contributed by atoms with E-state index >= 15 is 0 Å². The van der Waals surface area contributed by atoms with Gasteiger partial charge in [0.2, 0.25) is 0 Å². The summed E-state index contributed by atoms with van der Waals surface area (Å²) >= 11 is 1.59. The summed E-state index contributed by atoms with van der Waals surface area (Å²) < 4.78 is 13.0. The summed E-state index contributed by atoms with van der Waals surface area (Å²) in [6.07, 6.45) is 0. The highest BCUT2D eigenvalue weighted by atomic mass is 32.2. The Labute approximate surface area is 93.1 Å². The van der Waals surface area contributed by atoms with Crippen molar-refractivity contribution in [1.29, 1.82) is 0 Å². The normalized spacial score (nSPS) is 10.3. The van der Waals surface area contributed by atoms with E-state index in [0.29, 0.717) is 0 Å². The van der Waals surface area contributed by atoms with E-state index in [4.69, 9.17) is 0 Å². The standard InChI is InChI=1S/C13H11FS/c1-10-7-8-11(14)9-13(10)15-12-5-3-2-4-6-12/h2-9H,1H3. The molecule has 0 radical (unpaired) electrons. The molecule has 2 aromatic carbocycles. The van der Waals surface area contributed by atoms with Gasteiger partial charge in [-0.2, -0.15) is 0 Å². The first kappa shape index (κ1) is 10.2. The fraction of sp³-hybridized carbons (Fsp3) is 0.0769. The van der Waals surface area contributed by atoms with E-state index < -0.39 is 0 Å². The lowest BCUT2D eigenvalue weighted by atomic mass is 10.2. The largest absolute Gasteiger partial charge is 0.207 e. The van der Waals surface area contributed by atoms with E-state index in [1.807, 2.05) is 37.3 Å². The van der Waals surface area contributed by atoms with Gasteiger partial charge in [0.25, 0.3) is 0 Å². The molecule has 0 spiro atoms. The summed E-state index contributed by atoms with van der Waals surface area (Å²) in [5, 5.41) is 0. The maximum Gasteiger partial charge on any atom is 0.124 e. The molecule has 0 saturated heterocycles. The summed E-state index contributed by atoms with van der Waals surface area (Å²) in [5.74, 6) is -0.181. The monoisotopic (exact) mass is 218 g/mol. The molecular formula is C13H11FS. The fourth-order valence-electron chi connectivity index (χ4n) is 1.30. The molecule has 15 heavy (non-hydrogen) atoms. The third kappa shape index (κ3) is 2.60. The Morgan fingerprint density at radius 3 is 2.47 bits per heavy atom. The van der Waals surface area contributed by atoms with E-state index in [-0.39, 0.29) is 5.82 Å². The van der Waals surface area contributed by atoms with E-state index in [9.17, 15) is 4.39 Å². The molecule has 0 heterocycles. The summed E-state index contributed by atoms with van der Waals surface area (Å²) in [4.78, 5) is 2.10. The van der Waals surface area contributed by atoms with Gasteiger partial charge >= 0.3 is 0 Å². The zero-order valence-corrected chi connectivity index (χ0v) is 9.22. The van der Waals surface area contributed by atoms with Crippen LogP contribution in [0.3, 0.4) is 0 Å². The van der Waals surface area contributed by atoms with Crippen molar-refractivity contribution in [3.8, 4) is 0 Å². The second kappa shape index (κ2) is 4.49. The van der Waals surface area contributed by atoms with Crippen LogP contribution in [-0.2, 0) is 0 Å². The molecule has 0 aromatic heterocycles. The summed E-state index contributed by atoms with van der Waals surface area (Å²) in [6.45, 7) is 1.99. The van der Waals surface area contributed by atoms with Crippen LogP contribution in [0.2, 0.25) is 0 Å². The molecule has 0 nitrogen and oxygen atoms in total.